The maximum atomic E-state index is 5.83. The first-order valence-corrected chi connectivity index (χ1v) is 9.07. The van der Waals surface area contributed by atoms with Crippen molar-refractivity contribution in [1.29, 1.82) is 0 Å². The maximum Gasteiger partial charge on any atom is 0.132 e. The summed E-state index contributed by atoms with van der Waals surface area (Å²) in [5.74, 6) is 1.77. The Balaban J connectivity index is 1.63. The Hall–Kier alpha value is -2.71. The van der Waals surface area contributed by atoms with Crippen molar-refractivity contribution in [2.45, 2.75) is 6.42 Å². The molecule has 2 aromatic rings. The lowest BCUT2D eigenvalue weighted by Gasteiger charge is -2.27. The van der Waals surface area contributed by atoms with Gasteiger partial charge in [-0.25, -0.2) is 9.97 Å². The second kappa shape index (κ2) is 8.32. The minimum absolute atomic E-state index is 0.521. The van der Waals surface area contributed by atoms with Crippen LogP contribution in [0.2, 0.25) is 0 Å². The zero-order valence-corrected chi connectivity index (χ0v) is 15.4. The molecule has 1 aliphatic heterocycles. The van der Waals surface area contributed by atoms with E-state index in [9.17, 15) is 0 Å². The van der Waals surface area contributed by atoms with Crippen molar-refractivity contribution in [2.75, 3.05) is 51.5 Å². The molecule has 0 aromatic carbocycles. The molecule has 8 nitrogen and oxygen atoms in total. The summed E-state index contributed by atoms with van der Waals surface area (Å²) in [6, 6.07) is 1.98. The first-order chi connectivity index (χ1) is 13.3. The Morgan fingerprint density at radius 3 is 2.96 bits per heavy atom. The van der Waals surface area contributed by atoms with Gasteiger partial charge >= 0.3 is 0 Å². The average Bonchev–Trinajstić information content (AvgIpc) is 3.00. The van der Waals surface area contributed by atoms with Crippen molar-refractivity contribution in [3.8, 4) is 11.4 Å². The monoisotopic (exact) mass is 369 g/mol. The molecule has 0 spiro atoms. The van der Waals surface area contributed by atoms with Crippen LogP contribution >= 0.6 is 0 Å². The second-order valence-electron chi connectivity index (χ2n) is 6.32. The SMILES string of the molecule is COCCOC1=Cc2c(-c3cc(N4CCOCC4)ncn3)n[nH]c2C=CC1. The van der Waals surface area contributed by atoms with Crippen LogP contribution in [-0.2, 0) is 14.2 Å². The molecular formula is C19H23N5O3. The highest BCUT2D eigenvalue weighted by Gasteiger charge is 2.18. The smallest absolute Gasteiger partial charge is 0.132 e. The van der Waals surface area contributed by atoms with E-state index in [1.54, 1.807) is 13.4 Å². The van der Waals surface area contributed by atoms with Crippen molar-refractivity contribution in [3.05, 3.63) is 35.5 Å². The normalized spacial score (nSPS) is 16.6. The molecule has 1 fully saturated rings. The number of hydrogen-bond acceptors (Lipinski definition) is 7. The van der Waals surface area contributed by atoms with Crippen LogP contribution in [0.3, 0.4) is 0 Å². The van der Waals surface area contributed by atoms with Gasteiger partial charge in [-0.1, -0.05) is 6.08 Å². The van der Waals surface area contributed by atoms with Crippen LogP contribution in [0.5, 0.6) is 0 Å². The number of nitrogens with zero attached hydrogens (tertiary/aromatic N) is 4. The molecule has 1 saturated heterocycles. The molecule has 142 valence electrons. The number of anilines is 1. The molecule has 1 aliphatic carbocycles. The molecule has 8 heteroatoms. The van der Waals surface area contributed by atoms with Gasteiger partial charge < -0.3 is 19.1 Å². The second-order valence-corrected chi connectivity index (χ2v) is 6.32. The van der Waals surface area contributed by atoms with E-state index in [2.05, 4.69) is 31.1 Å². The van der Waals surface area contributed by atoms with Crippen LogP contribution < -0.4 is 4.90 Å². The summed E-state index contributed by atoms with van der Waals surface area (Å²) in [6.07, 6.45) is 8.44. The minimum atomic E-state index is 0.521. The summed E-state index contributed by atoms with van der Waals surface area (Å²) >= 11 is 0. The van der Waals surface area contributed by atoms with Gasteiger partial charge in [0.05, 0.1) is 31.2 Å². The third-order valence-corrected chi connectivity index (χ3v) is 4.55. The molecule has 0 bridgehead atoms. The van der Waals surface area contributed by atoms with E-state index in [-0.39, 0.29) is 0 Å². The Labute approximate surface area is 157 Å². The zero-order valence-electron chi connectivity index (χ0n) is 15.4. The summed E-state index contributed by atoms with van der Waals surface area (Å²) in [6.45, 7) is 4.17. The Morgan fingerprint density at radius 2 is 2.11 bits per heavy atom. The maximum absolute atomic E-state index is 5.83. The standard InChI is InChI=1S/C19H23N5O3/c1-25-9-10-27-14-3-2-4-16-15(11-14)19(23-22-16)17-12-18(21-13-20-17)24-5-7-26-8-6-24/h2,4,11-13H,3,5-10H2,1H3,(H,22,23). The predicted octanol–water partition coefficient (Wildman–Crippen LogP) is 2.12. The lowest BCUT2D eigenvalue weighted by atomic mass is 10.1. The number of aromatic amines is 1. The van der Waals surface area contributed by atoms with Gasteiger partial charge in [-0.05, 0) is 12.2 Å². The number of hydrogen-bond donors (Lipinski definition) is 1. The third-order valence-electron chi connectivity index (χ3n) is 4.55. The zero-order chi connectivity index (χ0) is 18.5. The number of rotatable bonds is 6. The van der Waals surface area contributed by atoms with E-state index in [0.29, 0.717) is 26.4 Å². The molecule has 3 heterocycles. The van der Waals surface area contributed by atoms with Gasteiger partial charge in [0.2, 0.25) is 0 Å². The molecule has 0 radical (unpaired) electrons. The van der Waals surface area contributed by atoms with Gasteiger partial charge in [-0.3, -0.25) is 5.10 Å². The number of nitrogens with one attached hydrogen (secondary N) is 1. The van der Waals surface area contributed by atoms with Crippen molar-refractivity contribution in [1.82, 2.24) is 20.2 Å². The highest BCUT2D eigenvalue weighted by molar-refractivity contribution is 5.78. The summed E-state index contributed by atoms with van der Waals surface area (Å²) in [7, 11) is 1.66. The van der Waals surface area contributed by atoms with Gasteiger partial charge in [0, 0.05) is 38.2 Å². The van der Waals surface area contributed by atoms with Crippen LogP contribution in [0.15, 0.2) is 24.2 Å². The fourth-order valence-electron chi connectivity index (χ4n) is 3.14. The van der Waals surface area contributed by atoms with Crippen molar-refractivity contribution in [3.63, 3.8) is 0 Å². The molecule has 1 N–H and O–H groups in total. The average molecular weight is 369 g/mol. The van der Waals surface area contributed by atoms with E-state index < -0.39 is 0 Å². The van der Waals surface area contributed by atoms with Crippen LogP contribution in [-0.4, -0.2) is 66.8 Å². The third kappa shape index (κ3) is 4.01. The van der Waals surface area contributed by atoms with Gasteiger partial charge in [0.25, 0.3) is 0 Å². The number of H-pyrrole nitrogens is 1. The van der Waals surface area contributed by atoms with E-state index in [4.69, 9.17) is 14.2 Å². The summed E-state index contributed by atoms with van der Waals surface area (Å²) in [4.78, 5) is 11.1. The number of allylic oxidation sites excluding steroid dienone is 1. The minimum Gasteiger partial charge on any atom is -0.495 e. The Bertz CT molecular complexity index is 840. The van der Waals surface area contributed by atoms with Gasteiger partial charge in [-0.15, -0.1) is 0 Å². The fourth-order valence-corrected chi connectivity index (χ4v) is 3.14. The molecule has 0 amide bonds. The van der Waals surface area contributed by atoms with E-state index in [1.807, 2.05) is 18.2 Å². The highest BCUT2D eigenvalue weighted by Crippen LogP contribution is 2.30. The van der Waals surface area contributed by atoms with E-state index in [1.165, 1.54) is 0 Å². The van der Waals surface area contributed by atoms with Crippen LogP contribution in [0.4, 0.5) is 5.82 Å². The Morgan fingerprint density at radius 1 is 1.22 bits per heavy atom. The largest absolute Gasteiger partial charge is 0.495 e. The molecule has 27 heavy (non-hydrogen) atoms. The number of methoxy groups -OCH3 is 1. The van der Waals surface area contributed by atoms with Crippen molar-refractivity contribution < 1.29 is 14.2 Å². The van der Waals surface area contributed by atoms with E-state index >= 15 is 0 Å². The van der Waals surface area contributed by atoms with Crippen molar-refractivity contribution >= 4 is 18.0 Å². The molecule has 0 unspecified atom stereocenters. The lowest BCUT2D eigenvalue weighted by Crippen LogP contribution is -2.36. The fraction of sp³-hybridized carbons (Fsp3) is 0.421. The number of fused-ring (bicyclic) bond motifs is 1. The van der Waals surface area contributed by atoms with E-state index in [0.717, 1.165) is 53.7 Å². The molecule has 0 atom stereocenters. The Kier molecular flexibility index (Phi) is 5.45. The predicted molar refractivity (Wildman–Crippen MR) is 102 cm³/mol. The van der Waals surface area contributed by atoms with Gasteiger partial charge in [0.1, 0.15) is 30.2 Å². The van der Waals surface area contributed by atoms with Crippen LogP contribution in [0.1, 0.15) is 17.7 Å². The molecule has 2 aliphatic rings. The van der Waals surface area contributed by atoms with Gasteiger partial charge in [-0.2, -0.15) is 5.10 Å². The van der Waals surface area contributed by atoms with Crippen molar-refractivity contribution in [2.24, 2.45) is 0 Å². The topological polar surface area (TPSA) is 85.4 Å². The quantitative estimate of drug-likeness (QED) is 0.781. The number of ether oxygens (including phenoxy) is 3. The molecule has 2 aromatic heterocycles. The first kappa shape index (κ1) is 17.7. The summed E-state index contributed by atoms with van der Waals surface area (Å²) < 4.78 is 16.3. The molecule has 4 rings (SSSR count). The van der Waals surface area contributed by atoms with Gasteiger partial charge in [0.15, 0.2) is 0 Å². The highest BCUT2D eigenvalue weighted by atomic mass is 16.5. The summed E-state index contributed by atoms with van der Waals surface area (Å²) in [5, 5.41) is 7.59. The summed E-state index contributed by atoms with van der Waals surface area (Å²) in [5.41, 5.74) is 3.50. The van der Waals surface area contributed by atoms with Crippen LogP contribution in [0, 0.1) is 0 Å². The number of aromatic nitrogens is 4. The molecular weight excluding hydrogens is 346 g/mol. The molecule has 0 saturated carbocycles. The van der Waals surface area contributed by atoms with Crippen LogP contribution in [0.25, 0.3) is 23.5 Å². The first-order valence-electron chi connectivity index (χ1n) is 9.07. The number of morpholine rings is 1. The lowest BCUT2D eigenvalue weighted by molar-refractivity contribution is 0.109.